The SMILES string of the molecule is Cc1c(C(=O)OCc2nc(-c3ccccc3)no2)sc2nc3n(c(=O)c12)CCC3. The molecule has 0 spiro atoms. The monoisotopic (exact) mass is 408 g/mol. The third-order valence-electron chi connectivity index (χ3n) is 4.92. The Kier molecular flexibility index (Phi) is 4.24. The summed E-state index contributed by atoms with van der Waals surface area (Å²) in [6, 6.07) is 9.38. The number of aromatic nitrogens is 4. The van der Waals surface area contributed by atoms with Crippen LogP contribution in [0.3, 0.4) is 0 Å². The summed E-state index contributed by atoms with van der Waals surface area (Å²) in [5, 5.41) is 4.40. The number of hydrogen-bond acceptors (Lipinski definition) is 8. The number of esters is 1. The van der Waals surface area contributed by atoms with E-state index in [4.69, 9.17) is 9.26 Å². The van der Waals surface area contributed by atoms with Crippen LogP contribution in [0, 0.1) is 6.92 Å². The van der Waals surface area contributed by atoms with Crippen molar-refractivity contribution in [3.05, 3.63) is 62.8 Å². The molecule has 0 unspecified atom stereocenters. The highest BCUT2D eigenvalue weighted by atomic mass is 32.1. The zero-order valence-corrected chi connectivity index (χ0v) is 16.4. The highest BCUT2D eigenvalue weighted by molar-refractivity contribution is 7.20. The van der Waals surface area contributed by atoms with E-state index < -0.39 is 5.97 Å². The van der Waals surface area contributed by atoms with Crippen molar-refractivity contribution in [1.82, 2.24) is 19.7 Å². The smallest absolute Gasteiger partial charge is 0.349 e. The molecule has 0 atom stereocenters. The van der Waals surface area contributed by atoms with Crippen LogP contribution in [0.5, 0.6) is 0 Å². The third-order valence-corrected chi connectivity index (χ3v) is 6.09. The molecule has 4 heterocycles. The Labute approximate surface area is 168 Å². The van der Waals surface area contributed by atoms with E-state index in [1.54, 1.807) is 11.5 Å². The first-order chi connectivity index (χ1) is 14.1. The summed E-state index contributed by atoms with van der Waals surface area (Å²) in [5.41, 5.74) is 1.33. The molecule has 0 bridgehead atoms. The zero-order chi connectivity index (χ0) is 20.0. The molecule has 8 nitrogen and oxygen atoms in total. The van der Waals surface area contributed by atoms with Gasteiger partial charge in [-0.15, -0.1) is 11.3 Å². The summed E-state index contributed by atoms with van der Waals surface area (Å²) in [7, 11) is 0. The molecule has 1 aliphatic heterocycles. The lowest BCUT2D eigenvalue weighted by Crippen LogP contribution is -2.20. The van der Waals surface area contributed by atoms with Gasteiger partial charge in [0.15, 0.2) is 6.61 Å². The molecule has 0 radical (unpaired) electrons. The van der Waals surface area contributed by atoms with Gasteiger partial charge in [-0.2, -0.15) is 4.98 Å². The van der Waals surface area contributed by atoms with E-state index in [9.17, 15) is 9.59 Å². The maximum atomic E-state index is 12.7. The fourth-order valence-corrected chi connectivity index (χ4v) is 4.57. The third kappa shape index (κ3) is 3.03. The van der Waals surface area contributed by atoms with Crippen molar-refractivity contribution in [2.24, 2.45) is 0 Å². The number of carbonyl (C=O) groups is 1. The summed E-state index contributed by atoms with van der Waals surface area (Å²) in [6.07, 6.45) is 1.70. The highest BCUT2D eigenvalue weighted by Gasteiger charge is 2.24. The van der Waals surface area contributed by atoms with Crippen molar-refractivity contribution in [3.63, 3.8) is 0 Å². The van der Waals surface area contributed by atoms with Gasteiger partial charge in [0.1, 0.15) is 15.5 Å². The van der Waals surface area contributed by atoms with Crippen molar-refractivity contribution in [2.45, 2.75) is 32.9 Å². The summed E-state index contributed by atoms with van der Waals surface area (Å²) < 4.78 is 12.2. The van der Waals surface area contributed by atoms with Gasteiger partial charge in [-0.25, -0.2) is 9.78 Å². The van der Waals surface area contributed by atoms with Gasteiger partial charge in [0.05, 0.1) is 5.39 Å². The Bertz CT molecular complexity index is 1290. The predicted molar refractivity (Wildman–Crippen MR) is 106 cm³/mol. The number of hydrogen-bond donors (Lipinski definition) is 0. The molecule has 1 aromatic carbocycles. The van der Waals surface area contributed by atoms with Crippen LogP contribution in [0.15, 0.2) is 39.6 Å². The summed E-state index contributed by atoms with van der Waals surface area (Å²) in [4.78, 5) is 35.1. The van der Waals surface area contributed by atoms with Crippen LogP contribution in [0.25, 0.3) is 21.6 Å². The first-order valence-electron chi connectivity index (χ1n) is 9.20. The van der Waals surface area contributed by atoms with Gasteiger partial charge in [-0.05, 0) is 18.9 Å². The minimum atomic E-state index is -0.533. The molecule has 9 heteroatoms. The van der Waals surface area contributed by atoms with E-state index in [1.165, 1.54) is 11.3 Å². The van der Waals surface area contributed by atoms with Crippen LogP contribution in [-0.2, 0) is 24.3 Å². The molecule has 0 fully saturated rings. The van der Waals surface area contributed by atoms with Crippen molar-refractivity contribution in [1.29, 1.82) is 0 Å². The van der Waals surface area contributed by atoms with Crippen LogP contribution in [-0.4, -0.2) is 25.7 Å². The summed E-state index contributed by atoms with van der Waals surface area (Å²) >= 11 is 1.18. The van der Waals surface area contributed by atoms with Gasteiger partial charge in [0.25, 0.3) is 11.4 Å². The number of aryl methyl sites for hydroxylation is 2. The van der Waals surface area contributed by atoms with Crippen LogP contribution in [0.2, 0.25) is 0 Å². The van der Waals surface area contributed by atoms with Gasteiger partial charge in [0, 0.05) is 18.5 Å². The molecule has 4 aromatic rings. The van der Waals surface area contributed by atoms with Crippen LogP contribution in [0.1, 0.15) is 33.4 Å². The molecule has 0 amide bonds. The Balaban J connectivity index is 1.37. The lowest BCUT2D eigenvalue weighted by molar-refractivity contribution is 0.0435. The molecule has 29 heavy (non-hydrogen) atoms. The van der Waals surface area contributed by atoms with E-state index in [2.05, 4.69) is 15.1 Å². The standard InChI is InChI=1S/C20H16N4O4S/c1-11-15-18(21-13-8-5-9-24(13)19(15)25)29-16(11)20(26)27-10-14-22-17(23-28-14)12-6-3-2-4-7-12/h2-4,6-7H,5,8-10H2,1H3. The van der Waals surface area contributed by atoms with Gasteiger partial charge in [-0.1, -0.05) is 35.5 Å². The van der Waals surface area contributed by atoms with Gasteiger partial charge in [-0.3, -0.25) is 9.36 Å². The molecule has 0 N–H and O–H groups in total. The first kappa shape index (κ1) is 17.7. The predicted octanol–water partition coefficient (Wildman–Crippen LogP) is 3.12. The molecule has 0 aliphatic carbocycles. The Morgan fingerprint density at radius 2 is 2.10 bits per heavy atom. The second kappa shape index (κ2) is 6.93. The van der Waals surface area contributed by atoms with E-state index in [1.807, 2.05) is 30.3 Å². The fourth-order valence-electron chi connectivity index (χ4n) is 3.48. The Hall–Kier alpha value is -3.33. The number of carbonyl (C=O) groups excluding carboxylic acids is 1. The molecule has 5 rings (SSSR count). The van der Waals surface area contributed by atoms with Crippen molar-refractivity contribution >= 4 is 27.5 Å². The first-order valence-corrected chi connectivity index (χ1v) is 10.0. The Morgan fingerprint density at radius 1 is 1.28 bits per heavy atom. The van der Waals surface area contributed by atoms with E-state index in [0.29, 0.717) is 33.0 Å². The van der Waals surface area contributed by atoms with E-state index >= 15 is 0 Å². The summed E-state index contributed by atoms with van der Waals surface area (Å²) in [5.74, 6) is 0.882. The maximum absolute atomic E-state index is 12.7. The van der Waals surface area contributed by atoms with Gasteiger partial charge < -0.3 is 9.26 Å². The number of rotatable bonds is 4. The minimum absolute atomic E-state index is 0.0836. The molecule has 3 aromatic heterocycles. The number of ether oxygens (including phenoxy) is 1. The van der Waals surface area contributed by atoms with Crippen LogP contribution < -0.4 is 5.56 Å². The Morgan fingerprint density at radius 3 is 2.93 bits per heavy atom. The highest BCUT2D eigenvalue weighted by Crippen LogP contribution is 2.29. The lowest BCUT2D eigenvalue weighted by Gasteiger charge is -2.02. The summed E-state index contributed by atoms with van der Waals surface area (Å²) in [6.45, 7) is 2.28. The van der Waals surface area contributed by atoms with Crippen molar-refractivity contribution < 1.29 is 14.1 Å². The lowest BCUT2D eigenvalue weighted by atomic mass is 10.2. The average molecular weight is 408 g/mol. The topological polar surface area (TPSA) is 100 Å². The average Bonchev–Trinajstić information content (AvgIpc) is 3.46. The fraction of sp³-hybridized carbons (Fsp3) is 0.250. The van der Waals surface area contributed by atoms with Crippen LogP contribution >= 0.6 is 11.3 Å². The zero-order valence-electron chi connectivity index (χ0n) is 15.5. The normalized spacial score (nSPS) is 13.0. The molecule has 0 saturated heterocycles. The molecule has 0 saturated carbocycles. The number of thiophene rings is 1. The molecular formula is C20H16N4O4S. The minimum Gasteiger partial charge on any atom is -0.451 e. The van der Waals surface area contributed by atoms with E-state index in [-0.39, 0.29) is 18.1 Å². The largest absolute Gasteiger partial charge is 0.451 e. The van der Waals surface area contributed by atoms with Crippen molar-refractivity contribution in [3.8, 4) is 11.4 Å². The van der Waals surface area contributed by atoms with Crippen molar-refractivity contribution in [2.75, 3.05) is 0 Å². The van der Waals surface area contributed by atoms with Gasteiger partial charge in [0.2, 0.25) is 5.82 Å². The quantitative estimate of drug-likeness (QED) is 0.478. The second-order valence-electron chi connectivity index (χ2n) is 6.78. The number of benzene rings is 1. The van der Waals surface area contributed by atoms with E-state index in [0.717, 1.165) is 24.2 Å². The number of nitrogens with zero attached hydrogens (tertiary/aromatic N) is 4. The van der Waals surface area contributed by atoms with Gasteiger partial charge >= 0.3 is 5.97 Å². The second-order valence-corrected chi connectivity index (χ2v) is 7.78. The molecule has 146 valence electrons. The number of fused-ring (bicyclic) bond motifs is 2. The maximum Gasteiger partial charge on any atom is 0.349 e. The molecular weight excluding hydrogens is 392 g/mol. The molecule has 1 aliphatic rings. The van der Waals surface area contributed by atoms with Crippen LogP contribution in [0.4, 0.5) is 0 Å².